The average molecular weight is 203 g/mol. The Labute approximate surface area is 80.2 Å². The van der Waals surface area contributed by atoms with Crippen LogP contribution in [-0.4, -0.2) is 10.7 Å². The van der Waals surface area contributed by atoms with Gasteiger partial charge in [-0.05, 0) is 19.9 Å². The predicted molar refractivity (Wildman–Crippen MR) is 48.6 cm³/mol. The van der Waals surface area contributed by atoms with Crippen molar-refractivity contribution < 1.29 is 9.23 Å². The lowest BCUT2D eigenvalue weighted by Gasteiger charge is -1.99. The lowest BCUT2D eigenvalue weighted by atomic mass is 10.5. The van der Waals surface area contributed by atoms with Crippen LogP contribution < -0.4 is 4.84 Å². The van der Waals surface area contributed by atoms with Crippen LogP contribution in [0.25, 0.3) is 0 Å². The molecule has 70 valence electrons. The van der Waals surface area contributed by atoms with Gasteiger partial charge in [-0.25, -0.2) is 9.37 Å². The van der Waals surface area contributed by atoms with E-state index in [1.165, 1.54) is 0 Å². The van der Waals surface area contributed by atoms with Crippen molar-refractivity contribution in [3.63, 3.8) is 0 Å². The Morgan fingerprint density at radius 1 is 1.62 bits per heavy atom. The largest absolute Gasteiger partial charge is 0.335 e. The molecular formula is C8H8ClFN2O. The smallest absolute Gasteiger partial charge is 0.267 e. The molecule has 0 atom stereocenters. The van der Waals surface area contributed by atoms with Gasteiger partial charge in [-0.2, -0.15) is 0 Å². The number of nitrogens with zero attached hydrogens (tertiary/aromatic N) is 2. The molecule has 0 fully saturated rings. The summed E-state index contributed by atoms with van der Waals surface area (Å²) in [6.45, 7) is 3.52. The summed E-state index contributed by atoms with van der Waals surface area (Å²) >= 11 is 5.62. The minimum Gasteiger partial charge on any atom is -0.335 e. The fourth-order valence-electron chi connectivity index (χ4n) is 0.604. The van der Waals surface area contributed by atoms with Crippen LogP contribution >= 0.6 is 11.6 Å². The van der Waals surface area contributed by atoms with E-state index in [4.69, 9.17) is 16.4 Å². The van der Waals surface area contributed by atoms with Crippen LogP contribution in [-0.2, 0) is 0 Å². The van der Waals surface area contributed by atoms with Gasteiger partial charge in [-0.3, -0.25) is 0 Å². The zero-order chi connectivity index (χ0) is 9.84. The average Bonchev–Trinajstić information content (AvgIpc) is 2.02. The molecule has 0 amide bonds. The van der Waals surface area contributed by atoms with E-state index < -0.39 is 5.82 Å². The van der Waals surface area contributed by atoms with Gasteiger partial charge in [0.1, 0.15) is 10.8 Å². The first-order valence-electron chi connectivity index (χ1n) is 3.59. The molecule has 0 radical (unpaired) electrons. The van der Waals surface area contributed by atoms with Crippen molar-refractivity contribution >= 4 is 17.3 Å². The van der Waals surface area contributed by atoms with Gasteiger partial charge in [0.25, 0.3) is 5.88 Å². The van der Waals surface area contributed by atoms with Crippen molar-refractivity contribution in [3.8, 4) is 5.88 Å². The Kier molecular flexibility index (Phi) is 3.19. The van der Waals surface area contributed by atoms with Gasteiger partial charge in [-0.1, -0.05) is 16.8 Å². The minimum atomic E-state index is -0.505. The summed E-state index contributed by atoms with van der Waals surface area (Å²) < 4.78 is 12.5. The van der Waals surface area contributed by atoms with E-state index in [0.717, 1.165) is 18.0 Å². The van der Waals surface area contributed by atoms with Crippen LogP contribution in [0.15, 0.2) is 17.4 Å². The molecule has 1 aromatic rings. The zero-order valence-corrected chi connectivity index (χ0v) is 7.97. The third-order valence-electron chi connectivity index (χ3n) is 1.09. The highest BCUT2D eigenvalue weighted by atomic mass is 35.5. The SMILES string of the molecule is CC(C)=NOc1ncc(F)cc1Cl. The molecular weight excluding hydrogens is 195 g/mol. The van der Waals surface area contributed by atoms with Crippen molar-refractivity contribution in [2.75, 3.05) is 0 Å². The summed E-state index contributed by atoms with van der Waals surface area (Å²) in [6.07, 6.45) is 1.02. The van der Waals surface area contributed by atoms with E-state index in [9.17, 15) is 4.39 Å². The van der Waals surface area contributed by atoms with Gasteiger partial charge >= 0.3 is 0 Å². The summed E-state index contributed by atoms with van der Waals surface area (Å²) in [4.78, 5) is 8.44. The third kappa shape index (κ3) is 2.99. The van der Waals surface area contributed by atoms with E-state index >= 15 is 0 Å². The fourth-order valence-corrected chi connectivity index (χ4v) is 0.791. The van der Waals surface area contributed by atoms with Gasteiger partial charge in [-0.15, -0.1) is 0 Å². The maximum absolute atomic E-state index is 12.5. The number of oxime groups is 1. The number of hydrogen-bond donors (Lipinski definition) is 0. The summed E-state index contributed by atoms with van der Waals surface area (Å²) in [5, 5.41) is 3.73. The molecule has 1 aromatic heterocycles. The molecule has 5 heteroatoms. The molecule has 3 nitrogen and oxygen atoms in total. The van der Waals surface area contributed by atoms with Crippen LogP contribution in [0.4, 0.5) is 4.39 Å². The fraction of sp³-hybridized carbons (Fsp3) is 0.250. The first-order chi connectivity index (χ1) is 6.09. The van der Waals surface area contributed by atoms with Gasteiger partial charge in [0.05, 0.1) is 11.9 Å². The van der Waals surface area contributed by atoms with Gasteiger partial charge < -0.3 is 4.84 Å². The molecule has 0 saturated carbocycles. The van der Waals surface area contributed by atoms with Crippen LogP contribution in [0, 0.1) is 5.82 Å². The van der Waals surface area contributed by atoms with Crippen molar-refractivity contribution in [1.82, 2.24) is 4.98 Å². The molecule has 1 heterocycles. The summed E-state index contributed by atoms with van der Waals surface area (Å²) in [7, 11) is 0. The molecule has 0 aliphatic rings. The Morgan fingerprint density at radius 2 is 2.31 bits per heavy atom. The monoisotopic (exact) mass is 202 g/mol. The number of hydrogen-bond acceptors (Lipinski definition) is 3. The van der Waals surface area contributed by atoms with E-state index in [1.54, 1.807) is 13.8 Å². The number of halogens is 2. The van der Waals surface area contributed by atoms with Crippen LogP contribution in [0.5, 0.6) is 5.88 Å². The highest BCUT2D eigenvalue weighted by Crippen LogP contribution is 2.21. The second-order valence-corrected chi connectivity index (χ2v) is 2.98. The minimum absolute atomic E-state index is 0.101. The lowest BCUT2D eigenvalue weighted by Crippen LogP contribution is -1.92. The number of aromatic nitrogens is 1. The molecule has 0 spiro atoms. The molecule has 0 aliphatic heterocycles. The maximum Gasteiger partial charge on any atom is 0.267 e. The van der Waals surface area contributed by atoms with E-state index in [2.05, 4.69) is 10.1 Å². The lowest BCUT2D eigenvalue weighted by molar-refractivity contribution is 0.326. The molecule has 0 N–H and O–H groups in total. The van der Waals surface area contributed by atoms with Crippen molar-refractivity contribution in [1.29, 1.82) is 0 Å². The Balaban J connectivity index is 2.84. The second-order valence-electron chi connectivity index (χ2n) is 2.57. The number of pyridine rings is 1. The quantitative estimate of drug-likeness (QED) is 0.546. The Morgan fingerprint density at radius 3 is 2.85 bits per heavy atom. The second kappa shape index (κ2) is 4.18. The summed E-state index contributed by atoms with van der Waals surface area (Å²) in [6, 6.07) is 1.12. The normalized spacial score (nSPS) is 9.54. The highest BCUT2D eigenvalue weighted by molar-refractivity contribution is 6.31. The first kappa shape index (κ1) is 9.92. The van der Waals surface area contributed by atoms with E-state index in [0.29, 0.717) is 0 Å². The number of rotatable bonds is 2. The van der Waals surface area contributed by atoms with Crippen molar-refractivity contribution in [2.45, 2.75) is 13.8 Å². The van der Waals surface area contributed by atoms with Gasteiger partial charge in [0, 0.05) is 0 Å². The maximum atomic E-state index is 12.5. The third-order valence-corrected chi connectivity index (χ3v) is 1.36. The predicted octanol–water partition coefficient (Wildman–Crippen LogP) is 2.65. The Hall–Kier alpha value is -1.16. The molecule has 0 aromatic carbocycles. The molecule has 0 saturated heterocycles. The van der Waals surface area contributed by atoms with E-state index in [-0.39, 0.29) is 10.9 Å². The van der Waals surface area contributed by atoms with Crippen molar-refractivity contribution in [2.24, 2.45) is 5.16 Å². The Bertz CT molecular complexity index is 337. The van der Waals surface area contributed by atoms with Crippen LogP contribution in [0.3, 0.4) is 0 Å². The zero-order valence-electron chi connectivity index (χ0n) is 7.21. The van der Waals surface area contributed by atoms with Crippen LogP contribution in [0.2, 0.25) is 5.02 Å². The standard InChI is InChI=1S/C8H8ClFN2O/c1-5(2)12-13-8-7(9)3-6(10)4-11-8/h3-4H,1-2H3. The summed E-state index contributed by atoms with van der Waals surface area (Å²) in [5.41, 5.74) is 0.724. The highest BCUT2D eigenvalue weighted by Gasteiger charge is 2.04. The first-order valence-corrected chi connectivity index (χ1v) is 3.96. The molecule has 1 rings (SSSR count). The molecule has 0 unspecified atom stereocenters. The van der Waals surface area contributed by atoms with Gasteiger partial charge in [0.2, 0.25) is 0 Å². The van der Waals surface area contributed by atoms with E-state index in [1.807, 2.05) is 0 Å². The molecule has 13 heavy (non-hydrogen) atoms. The topological polar surface area (TPSA) is 34.5 Å². The molecule has 0 bridgehead atoms. The molecule has 0 aliphatic carbocycles. The van der Waals surface area contributed by atoms with Gasteiger partial charge in [0.15, 0.2) is 0 Å². The van der Waals surface area contributed by atoms with Crippen LogP contribution in [0.1, 0.15) is 13.8 Å². The van der Waals surface area contributed by atoms with Crippen molar-refractivity contribution in [3.05, 3.63) is 23.1 Å². The summed E-state index contributed by atoms with van der Waals surface area (Å²) in [5.74, 6) is -0.404.